The second-order valence-corrected chi connectivity index (χ2v) is 7.29. The number of benzene rings is 2. The number of aromatic nitrogens is 2. The van der Waals surface area contributed by atoms with Gasteiger partial charge in [0.1, 0.15) is 17.1 Å². The number of nitrogens with zero attached hydrogens (tertiary/aromatic N) is 3. The van der Waals surface area contributed by atoms with Crippen molar-refractivity contribution in [3.63, 3.8) is 0 Å². The number of aliphatic imine (C=N–C) groups is 1. The van der Waals surface area contributed by atoms with Crippen LogP contribution in [0.1, 0.15) is 25.0 Å². The highest BCUT2D eigenvalue weighted by molar-refractivity contribution is 5.79. The SMILES string of the molecule is CCNC(=NCc1cccc(Oc2ccccc2)c1)NCC(C)(O)c1cnn(C)c1. The second-order valence-electron chi connectivity index (χ2n) is 7.29. The van der Waals surface area contributed by atoms with Gasteiger partial charge in [0.25, 0.3) is 0 Å². The lowest BCUT2D eigenvalue weighted by molar-refractivity contribution is 0.0616. The van der Waals surface area contributed by atoms with E-state index in [1.165, 1.54) is 0 Å². The lowest BCUT2D eigenvalue weighted by Gasteiger charge is -2.23. The summed E-state index contributed by atoms with van der Waals surface area (Å²) >= 11 is 0. The first-order valence-corrected chi connectivity index (χ1v) is 10.0. The molecule has 30 heavy (non-hydrogen) atoms. The van der Waals surface area contributed by atoms with Crippen LogP contribution in [0.15, 0.2) is 72.0 Å². The molecule has 0 radical (unpaired) electrons. The zero-order valence-corrected chi connectivity index (χ0v) is 17.7. The fraction of sp³-hybridized carbons (Fsp3) is 0.304. The van der Waals surface area contributed by atoms with Gasteiger partial charge in [-0.2, -0.15) is 5.10 Å². The molecule has 7 heteroatoms. The number of aryl methyl sites for hydroxylation is 1. The Balaban J connectivity index is 1.63. The summed E-state index contributed by atoms with van der Waals surface area (Å²) in [5, 5.41) is 21.3. The van der Waals surface area contributed by atoms with Gasteiger partial charge in [-0.15, -0.1) is 0 Å². The normalized spacial score (nSPS) is 13.5. The summed E-state index contributed by atoms with van der Waals surface area (Å²) in [5.41, 5.74) is 0.715. The molecule has 1 atom stereocenters. The fourth-order valence-corrected chi connectivity index (χ4v) is 2.90. The first kappa shape index (κ1) is 21.4. The average Bonchev–Trinajstić information content (AvgIpc) is 3.18. The maximum absolute atomic E-state index is 10.8. The van der Waals surface area contributed by atoms with Crippen LogP contribution in [0, 0.1) is 0 Å². The number of rotatable bonds is 8. The molecule has 2 aromatic carbocycles. The lowest BCUT2D eigenvalue weighted by Crippen LogP contribution is -2.44. The summed E-state index contributed by atoms with van der Waals surface area (Å²) in [6.07, 6.45) is 3.48. The van der Waals surface area contributed by atoms with Gasteiger partial charge in [0, 0.05) is 25.4 Å². The van der Waals surface area contributed by atoms with E-state index < -0.39 is 5.60 Å². The van der Waals surface area contributed by atoms with Crippen LogP contribution in [0.4, 0.5) is 0 Å². The number of ether oxygens (including phenoxy) is 1. The molecule has 0 aliphatic rings. The maximum atomic E-state index is 10.8. The Hall–Kier alpha value is -3.32. The van der Waals surface area contributed by atoms with Gasteiger partial charge < -0.3 is 20.5 Å². The number of guanidine groups is 1. The molecule has 0 saturated heterocycles. The van der Waals surface area contributed by atoms with E-state index in [0.717, 1.165) is 29.2 Å². The summed E-state index contributed by atoms with van der Waals surface area (Å²) < 4.78 is 7.57. The lowest BCUT2D eigenvalue weighted by atomic mass is 10.00. The molecule has 0 aliphatic heterocycles. The van der Waals surface area contributed by atoms with Crippen molar-refractivity contribution in [1.82, 2.24) is 20.4 Å². The minimum atomic E-state index is -1.06. The van der Waals surface area contributed by atoms with Crippen LogP contribution in [-0.4, -0.2) is 33.9 Å². The van der Waals surface area contributed by atoms with E-state index >= 15 is 0 Å². The number of hydrogen-bond acceptors (Lipinski definition) is 4. The van der Waals surface area contributed by atoms with Crippen molar-refractivity contribution in [1.29, 1.82) is 0 Å². The highest BCUT2D eigenvalue weighted by atomic mass is 16.5. The van der Waals surface area contributed by atoms with Gasteiger partial charge in [-0.25, -0.2) is 4.99 Å². The molecule has 1 aromatic heterocycles. The monoisotopic (exact) mass is 407 g/mol. The molecule has 3 rings (SSSR count). The number of para-hydroxylation sites is 1. The molecule has 0 aliphatic carbocycles. The molecule has 0 saturated carbocycles. The van der Waals surface area contributed by atoms with Gasteiger partial charge >= 0.3 is 0 Å². The molecule has 0 fully saturated rings. The Morgan fingerprint density at radius 1 is 1.13 bits per heavy atom. The van der Waals surface area contributed by atoms with Crippen LogP contribution in [0.25, 0.3) is 0 Å². The summed E-state index contributed by atoms with van der Waals surface area (Å²) in [7, 11) is 1.83. The topological polar surface area (TPSA) is 83.7 Å². The van der Waals surface area contributed by atoms with Crippen LogP contribution >= 0.6 is 0 Å². The number of hydrogen-bond donors (Lipinski definition) is 3. The Morgan fingerprint density at radius 2 is 1.90 bits per heavy atom. The minimum Gasteiger partial charge on any atom is -0.457 e. The maximum Gasteiger partial charge on any atom is 0.191 e. The van der Waals surface area contributed by atoms with Gasteiger partial charge in [0.05, 0.1) is 19.3 Å². The second kappa shape index (κ2) is 9.93. The summed E-state index contributed by atoms with van der Waals surface area (Å²) in [6.45, 7) is 5.27. The highest BCUT2D eigenvalue weighted by Gasteiger charge is 2.24. The van der Waals surface area contributed by atoms with E-state index in [1.807, 2.05) is 74.8 Å². The first-order valence-electron chi connectivity index (χ1n) is 10.0. The smallest absolute Gasteiger partial charge is 0.191 e. The molecule has 7 nitrogen and oxygen atoms in total. The van der Waals surface area contributed by atoms with Crippen molar-refractivity contribution < 1.29 is 9.84 Å². The zero-order chi connectivity index (χ0) is 21.4. The van der Waals surface area contributed by atoms with E-state index in [0.29, 0.717) is 19.0 Å². The quantitative estimate of drug-likeness (QED) is 0.395. The number of nitrogens with one attached hydrogen (secondary N) is 2. The fourth-order valence-electron chi connectivity index (χ4n) is 2.90. The molecule has 158 valence electrons. The summed E-state index contributed by atoms with van der Waals surface area (Å²) in [5.74, 6) is 2.20. The van der Waals surface area contributed by atoms with Gasteiger partial charge in [-0.1, -0.05) is 30.3 Å². The van der Waals surface area contributed by atoms with Crippen LogP contribution in [0.5, 0.6) is 11.5 Å². The molecule has 0 spiro atoms. The predicted octanol–water partition coefficient (Wildman–Crippen LogP) is 3.18. The average molecular weight is 408 g/mol. The largest absolute Gasteiger partial charge is 0.457 e. The van der Waals surface area contributed by atoms with E-state index in [2.05, 4.69) is 20.7 Å². The third-order valence-electron chi connectivity index (χ3n) is 4.57. The van der Waals surface area contributed by atoms with Crippen molar-refractivity contribution >= 4 is 5.96 Å². The van der Waals surface area contributed by atoms with Crippen molar-refractivity contribution in [2.45, 2.75) is 26.0 Å². The van der Waals surface area contributed by atoms with Crippen LogP contribution in [0.2, 0.25) is 0 Å². The Labute approximate surface area is 177 Å². The van der Waals surface area contributed by atoms with Crippen molar-refractivity contribution in [2.24, 2.45) is 12.0 Å². The highest BCUT2D eigenvalue weighted by Crippen LogP contribution is 2.22. The van der Waals surface area contributed by atoms with E-state index in [9.17, 15) is 5.11 Å². The standard InChI is InChI=1S/C23H29N5O2/c1-4-24-22(26-17-23(2,29)19-15-27-28(3)16-19)25-14-18-9-8-12-21(13-18)30-20-10-6-5-7-11-20/h5-13,15-16,29H,4,14,17H2,1-3H3,(H2,24,25,26). The third-order valence-corrected chi connectivity index (χ3v) is 4.57. The van der Waals surface area contributed by atoms with Crippen molar-refractivity contribution in [3.05, 3.63) is 78.1 Å². The van der Waals surface area contributed by atoms with Crippen LogP contribution in [0.3, 0.4) is 0 Å². The van der Waals surface area contributed by atoms with Crippen LogP contribution < -0.4 is 15.4 Å². The van der Waals surface area contributed by atoms with Gasteiger partial charge in [-0.05, 0) is 43.7 Å². The predicted molar refractivity (Wildman–Crippen MR) is 119 cm³/mol. The van der Waals surface area contributed by atoms with Gasteiger partial charge in [-0.3, -0.25) is 4.68 Å². The van der Waals surface area contributed by atoms with Crippen molar-refractivity contribution in [3.8, 4) is 11.5 Å². The molecule has 1 heterocycles. The van der Waals surface area contributed by atoms with Gasteiger partial charge in [0.15, 0.2) is 5.96 Å². The Kier molecular flexibility index (Phi) is 7.08. The van der Waals surface area contributed by atoms with E-state index in [1.54, 1.807) is 17.8 Å². The van der Waals surface area contributed by atoms with Crippen molar-refractivity contribution in [2.75, 3.05) is 13.1 Å². The van der Waals surface area contributed by atoms with Crippen LogP contribution in [-0.2, 0) is 19.2 Å². The molecule has 0 bridgehead atoms. The molecular weight excluding hydrogens is 378 g/mol. The molecule has 0 amide bonds. The molecule has 1 unspecified atom stereocenters. The van der Waals surface area contributed by atoms with Gasteiger partial charge in [0.2, 0.25) is 0 Å². The minimum absolute atomic E-state index is 0.307. The molecule has 3 aromatic rings. The molecular formula is C23H29N5O2. The number of aliphatic hydroxyl groups is 1. The summed E-state index contributed by atoms with van der Waals surface area (Å²) in [4.78, 5) is 4.64. The third kappa shape index (κ3) is 6.09. The first-order chi connectivity index (χ1) is 14.5. The van der Waals surface area contributed by atoms with E-state index in [4.69, 9.17) is 4.74 Å². The van der Waals surface area contributed by atoms with E-state index in [-0.39, 0.29) is 0 Å². The Morgan fingerprint density at radius 3 is 2.60 bits per heavy atom. The molecule has 3 N–H and O–H groups in total. The summed E-state index contributed by atoms with van der Waals surface area (Å²) in [6, 6.07) is 17.6. The zero-order valence-electron chi connectivity index (χ0n) is 17.7. The Bertz CT molecular complexity index is 966.